The summed E-state index contributed by atoms with van der Waals surface area (Å²) in [7, 11) is 0. The molecule has 0 saturated carbocycles. The summed E-state index contributed by atoms with van der Waals surface area (Å²) < 4.78 is 0. The van der Waals surface area contributed by atoms with Gasteiger partial charge in [-0.25, -0.2) is 0 Å². The van der Waals surface area contributed by atoms with E-state index >= 15 is 0 Å². The highest BCUT2D eigenvalue weighted by Gasteiger charge is 1.92. The summed E-state index contributed by atoms with van der Waals surface area (Å²) in [6.45, 7) is 4.55. The van der Waals surface area contributed by atoms with Crippen LogP contribution in [-0.4, -0.2) is 11.7 Å². The molecule has 0 aromatic heterocycles. The van der Waals surface area contributed by atoms with Gasteiger partial charge in [0, 0.05) is 6.61 Å². The van der Waals surface area contributed by atoms with Crippen LogP contribution in [0.1, 0.15) is 46.0 Å². The molecule has 0 aromatic rings. The van der Waals surface area contributed by atoms with E-state index < -0.39 is 0 Å². The van der Waals surface area contributed by atoms with E-state index in [0.717, 1.165) is 25.7 Å². The second kappa shape index (κ2) is 9.53. The zero-order valence-corrected chi connectivity index (χ0v) is 8.92. The Labute approximate surface area is 82.2 Å². The zero-order chi connectivity index (χ0) is 9.94. The number of rotatable bonds is 7. The quantitative estimate of drug-likeness (QED) is 0.472. The van der Waals surface area contributed by atoms with Crippen LogP contribution in [0, 0.1) is 0 Å². The highest BCUT2D eigenvalue weighted by molar-refractivity contribution is 5.17. The third-order valence-electron chi connectivity index (χ3n) is 1.97. The van der Waals surface area contributed by atoms with Gasteiger partial charge in [0.15, 0.2) is 0 Å². The van der Waals surface area contributed by atoms with Gasteiger partial charge in [-0.3, -0.25) is 0 Å². The molecule has 0 heterocycles. The molecule has 0 fully saturated rings. The van der Waals surface area contributed by atoms with Gasteiger partial charge in [-0.05, 0) is 32.6 Å². The number of aliphatic hydroxyl groups excluding tert-OH is 1. The fraction of sp³-hybridized carbons (Fsp3) is 0.667. The third-order valence-corrected chi connectivity index (χ3v) is 1.97. The average Bonchev–Trinajstić information content (AvgIpc) is 2.13. The minimum Gasteiger partial charge on any atom is -0.396 e. The Bertz CT molecular complexity index is 157. The molecule has 0 spiro atoms. The summed E-state index contributed by atoms with van der Waals surface area (Å²) in [6.07, 6.45) is 12.1. The highest BCUT2D eigenvalue weighted by Crippen LogP contribution is 2.11. The molecule has 0 bridgehead atoms. The second-order valence-corrected chi connectivity index (χ2v) is 3.22. The molecule has 0 aliphatic rings. The van der Waals surface area contributed by atoms with Gasteiger partial charge in [0.05, 0.1) is 0 Å². The Morgan fingerprint density at radius 2 is 2.00 bits per heavy atom. The molecule has 0 aliphatic heterocycles. The van der Waals surface area contributed by atoms with Gasteiger partial charge in [-0.1, -0.05) is 37.1 Å². The van der Waals surface area contributed by atoms with Crippen LogP contribution in [-0.2, 0) is 0 Å². The predicted molar refractivity (Wildman–Crippen MR) is 58.7 cm³/mol. The number of allylic oxidation sites excluding steroid dienone is 4. The van der Waals surface area contributed by atoms with Gasteiger partial charge < -0.3 is 5.11 Å². The first-order valence-electron chi connectivity index (χ1n) is 5.27. The van der Waals surface area contributed by atoms with E-state index in [0.29, 0.717) is 6.61 Å². The van der Waals surface area contributed by atoms with Crippen LogP contribution >= 0.6 is 0 Å². The Hall–Kier alpha value is -0.560. The summed E-state index contributed by atoms with van der Waals surface area (Å²) in [5, 5.41) is 8.61. The van der Waals surface area contributed by atoms with Crippen molar-refractivity contribution in [3.63, 3.8) is 0 Å². The molecule has 0 aliphatic carbocycles. The molecular formula is C12H22O. The van der Waals surface area contributed by atoms with Crippen molar-refractivity contribution in [2.45, 2.75) is 46.0 Å². The van der Waals surface area contributed by atoms with E-state index in [1.807, 2.05) is 0 Å². The Balaban J connectivity index is 3.64. The number of hydrogen-bond donors (Lipinski definition) is 1. The first-order chi connectivity index (χ1) is 6.35. The SMILES string of the molecule is C/C=C\C(=C/CC)CCCCCO. The molecule has 0 radical (unpaired) electrons. The standard InChI is InChI=1S/C12H22O/c1-3-8-12(9-4-2)10-6-5-7-11-13/h3,8-9,13H,4-7,10-11H2,1-2H3/b8-3-,12-9+. The van der Waals surface area contributed by atoms with Gasteiger partial charge in [-0.15, -0.1) is 0 Å². The van der Waals surface area contributed by atoms with Crippen LogP contribution in [0.4, 0.5) is 0 Å². The van der Waals surface area contributed by atoms with Gasteiger partial charge in [-0.2, -0.15) is 0 Å². The van der Waals surface area contributed by atoms with E-state index in [9.17, 15) is 0 Å². The average molecular weight is 182 g/mol. The van der Waals surface area contributed by atoms with Crippen LogP contribution in [0.25, 0.3) is 0 Å². The van der Waals surface area contributed by atoms with E-state index in [1.165, 1.54) is 12.0 Å². The maximum absolute atomic E-state index is 8.61. The summed E-state index contributed by atoms with van der Waals surface area (Å²) in [6, 6.07) is 0. The van der Waals surface area contributed by atoms with Crippen LogP contribution in [0.2, 0.25) is 0 Å². The van der Waals surface area contributed by atoms with Crippen molar-refractivity contribution in [3.05, 3.63) is 23.8 Å². The smallest absolute Gasteiger partial charge is 0.0431 e. The van der Waals surface area contributed by atoms with Crippen LogP contribution in [0.15, 0.2) is 23.8 Å². The first kappa shape index (κ1) is 12.4. The van der Waals surface area contributed by atoms with E-state index in [1.54, 1.807) is 0 Å². The number of hydrogen-bond acceptors (Lipinski definition) is 1. The lowest BCUT2D eigenvalue weighted by molar-refractivity contribution is 0.283. The predicted octanol–water partition coefficient (Wildman–Crippen LogP) is 3.45. The largest absolute Gasteiger partial charge is 0.396 e. The second-order valence-electron chi connectivity index (χ2n) is 3.22. The molecule has 1 N–H and O–H groups in total. The normalized spacial score (nSPS) is 12.7. The molecule has 0 unspecified atom stereocenters. The molecular weight excluding hydrogens is 160 g/mol. The highest BCUT2D eigenvalue weighted by atomic mass is 16.2. The number of aliphatic hydroxyl groups is 1. The fourth-order valence-electron chi connectivity index (χ4n) is 1.35. The minimum atomic E-state index is 0.330. The molecule has 0 saturated heterocycles. The van der Waals surface area contributed by atoms with Crippen molar-refractivity contribution in [3.8, 4) is 0 Å². The lowest BCUT2D eigenvalue weighted by atomic mass is 10.1. The minimum absolute atomic E-state index is 0.330. The molecule has 0 atom stereocenters. The van der Waals surface area contributed by atoms with Crippen molar-refractivity contribution in [1.82, 2.24) is 0 Å². The topological polar surface area (TPSA) is 20.2 Å². The van der Waals surface area contributed by atoms with Gasteiger partial charge in [0.2, 0.25) is 0 Å². The van der Waals surface area contributed by atoms with Crippen molar-refractivity contribution >= 4 is 0 Å². The van der Waals surface area contributed by atoms with Crippen molar-refractivity contribution in [2.24, 2.45) is 0 Å². The van der Waals surface area contributed by atoms with Crippen molar-refractivity contribution in [1.29, 1.82) is 0 Å². The van der Waals surface area contributed by atoms with Gasteiger partial charge >= 0.3 is 0 Å². The van der Waals surface area contributed by atoms with Gasteiger partial charge in [0.1, 0.15) is 0 Å². The zero-order valence-electron chi connectivity index (χ0n) is 8.92. The van der Waals surface area contributed by atoms with E-state index in [4.69, 9.17) is 5.11 Å². The van der Waals surface area contributed by atoms with Gasteiger partial charge in [0.25, 0.3) is 0 Å². The van der Waals surface area contributed by atoms with Crippen molar-refractivity contribution < 1.29 is 5.11 Å². The maximum atomic E-state index is 8.61. The van der Waals surface area contributed by atoms with E-state index in [-0.39, 0.29) is 0 Å². The van der Waals surface area contributed by atoms with Crippen LogP contribution in [0.5, 0.6) is 0 Å². The summed E-state index contributed by atoms with van der Waals surface area (Å²) in [4.78, 5) is 0. The summed E-state index contributed by atoms with van der Waals surface area (Å²) in [5.41, 5.74) is 1.43. The first-order valence-corrected chi connectivity index (χ1v) is 5.27. The van der Waals surface area contributed by atoms with Crippen molar-refractivity contribution in [2.75, 3.05) is 6.61 Å². The lowest BCUT2D eigenvalue weighted by Crippen LogP contribution is -1.85. The Kier molecular flexibility index (Phi) is 9.12. The molecule has 0 amide bonds. The monoisotopic (exact) mass is 182 g/mol. The molecule has 1 heteroatoms. The molecule has 0 aromatic carbocycles. The van der Waals surface area contributed by atoms with E-state index in [2.05, 4.69) is 32.1 Å². The number of unbranched alkanes of at least 4 members (excludes halogenated alkanes) is 2. The van der Waals surface area contributed by atoms with Crippen LogP contribution in [0.3, 0.4) is 0 Å². The summed E-state index contributed by atoms with van der Waals surface area (Å²) in [5.74, 6) is 0. The maximum Gasteiger partial charge on any atom is 0.0431 e. The Morgan fingerprint density at radius 3 is 2.54 bits per heavy atom. The fourth-order valence-corrected chi connectivity index (χ4v) is 1.35. The lowest BCUT2D eigenvalue weighted by Gasteiger charge is -2.01. The van der Waals surface area contributed by atoms with Crippen LogP contribution < -0.4 is 0 Å². The molecule has 13 heavy (non-hydrogen) atoms. The Morgan fingerprint density at radius 1 is 1.23 bits per heavy atom. The molecule has 76 valence electrons. The summed E-state index contributed by atoms with van der Waals surface area (Å²) >= 11 is 0. The molecule has 0 rings (SSSR count). The third kappa shape index (κ3) is 7.79. The molecule has 1 nitrogen and oxygen atoms in total.